The molecule has 0 aliphatic carbocycles. The first-order valence-electron chi connectivity index (χ1n) is 8.94. The molecule has 1 heterocycles. The molecule has 0 bridgehead atoms. The summed E-state index contributed by atoms with van der Waals surface area (Å²) in [5.41, 5.74) is 3.28. The van der Waals surface area contributed by atoms with Crippen LogP contribution in [0.1, 0.15) is 24.5 Å². The molecule has 0 aliphatic heterocycles. The molecule has 6 nitrogen and oxygen atoms in total. The molecule has 3 rings (SSSR count). The molecule has 27 heavy (non-hydrogen) atoms. The zero-order chi connectivity index (χ0) is 19.1. The van der Waals surface area contributed by atoms with Crippen molar-refractivity contribution < 1.29 is 4.79 Å². The minimum atomic E-state index is -0.0140. The number of amides is 1. The molecule has 0 aliphatic rings. The Morgan fingerprint density at radius 3 is 2.67 bits per heavy atom. The van der Waals surface area contributed by atoms with Gasteiger partial charge in [-0.25, -0.2) is 0 Å². The quantitative estimate of drug-likeness (QED) is 0.607. The van der Waals surface area contributed by atoms with Crippen LogP contribution in [-0.2, 0) is 11.2 Å². The first-order chi connectivity index (χ1) is 13.1. The summed E-state index contributed by atoms with van der Waals surface area (Å²) >= 11 is 1.34. The molecule has 1 atom stereocenters. The first kappa shape index (κ1) is 19.1. The zero-order valence-corrected chi connectivity index (χ0v) is 16.3. The van der Waals surface area contributed by atoms with E-state index in [2.05, 4.69) is 33.0 Å². The number of carbonyl (C=O) groups excluding carboxylic acids is 1. The third kappa shape index (κ3) is 5.40. The van der Waals surface area contributed by atoms with E-state index < -0.39 is 0 Å². The molecule has 1 amide bonds. The number of hydrogen-bond donors (Lipinski definition) is 1. The second-order valence-corrected chi connectivity index (χ2v) is 7.38. The van der Waals surface area contributed by atoms with Gasteiger partial charge in [-0.1, -0.05) is 60.3 Å². The fourth-order valence-corrected chi connectivity index (χ4v) is 3.46. The standard InChI is InChI=1S/C20H23N5OS/c1-15-8-6-7-11-18(15)25-20(22-23-24-25)27-14-19(26)21-16(2)12-13-17-9-4-3-5-10-17/h3-11,16H,12-14H2,1-2H3,(H,21,26). The number of tetrazole rings is 1. The molecule has 7 heteroatoms. The molecule has 1 N–H and O–H groups in total. The Hall–Kier alpha value is -2.67. The summed E-state index contributed by atoms with van der Waals surface area (Å²) in [4.78, 5) is 12.3. The Kier molecular flexibility index (Phi) is 6.59. The van der Waals surface area contributed by atoms with Gasteiger partial charge in [-0.3, -0.25) is 4.79 Å². The summed E-state index contributed by atoms with van der Waals surface area (Å²) in [5.74, 6) is 0.266. The van der Waals surface area contributed by atoms with Gasteiger partial charge >= 0.3 is 0 Å². The van der Waals surface area contributed by atoms with Gasteiger partial charge in [-0.2, -0.15) is 4.68 Å². The summed E-state index contributed by atoms with van der Waals surface area (Å²) < 4.78 is 1.67. The highest BCUT2D eigenvalue weighted by atomic mass is 32.2. The largest absolute Gasteiger partial charge is 0.353 e. The van der Waals surface area contributed by atoms with Crippen molar-refractivity contribution in [3.05, 3.63) is 65.7 Å². The number of nitrogens with zero attached hydrogens (tertiary/aromatic N) is 4. The summed E-state index contributed by atoms with van der Waals surface area (Å²) in [6, 6.07) is 18.3. The van der Waals surface area contributed by atoms with Crippen LogP contribution < -0.4 is 5.32 Å². The van der Waals surface area contributed by atoms with E-state index in [1.165, 1.54) is 17.3 Å². The summed E-state index contributed by atoms with van der Waals surface area (Å²) in [7, 11) is 0. The maximum absolute atomic E-state index is 12.3. The predicted molar refractivity (Wildman–Crippen MR) is 107 cm³/mol. The SMILES string of the molecule is Cc1ccccc1-n1nnnc1SCC(=O)NC(C)CCc1ccccc1. The molecule has 3 aromatic rings. The van der Waals surface area contributed by atoms with Crippen LogP contribution in [0.3, 0.4) is 0 Å². The number of aromatic nitrogens is 4. The normalized spacial score (nSPS) is 11.9. The van der Waals surface area contributed by atoms with E-state index in [0.29, 0.717) is 5.16 Å². The van der Waals surface area contributed by atoms with Gasteiger partial charge in [0.05, 0.1) is 11.4 Å². The van der Waals surface area contributed by atoms with Crippen molar-refractivity contribution in [3.8, 4) is 5.69 Å². The average molecular weight is 382 g/mol. The molecule has 0 radical (unpaired) electrons. The van der Waals surface area contributed by atoms with Crippen molar-refractivity contribution in [1.82, 2.24) is 25.5 Å². The molecule has 0 saturated heterocycles. The van der Waals surface area contributed by atoms with E-state index >= 15 is 0 Å². The van der Waals surface area contributed by atoms with Crippen molar-refractivity contribution in [2.45, 2.75) is 37.9 Å². The first-order valence-corrected chi connectivity index (χ1v) is 9.92. The molecule has 0 fully saturated rings. The fourth-order valence-electron chi connectivity index (χ4n) is 2.77. The summed E-state index contributed by atoms with van der Waals surface area (Å²) in [5, 5.41) is 15.5. The van der Waals surface area contributed by atoms with Crippen LogP contribution in [0.5, 0.6) is 0 Å². The smallest absolute Gasteiger partial charge is 0.230 e. The van der Waals surface area contributed by atoms with Crippen molar-refractivity contribution in [2.75, 3.05) is 5.75 Å². The molecule has 0 saturated carbocycles. The van der Waals surface area contributed by atoms with Crippen LogP contribution >= 0.6 is 11.8 Å². The Labute approximate surface area is 163 Å². The van der Waals surface area contributed by atoms with E-state index in [9.17, 15) is 4.79 Å². The van der Waals surface area contributed by atoms with E-state index in [4.69, 9.17) is 0 Å². The molecule has 0 spiro atoms. The fraction of sp³-hybridized carbons (Fsp3) is 0.300. The van der Waals surface area contributed by atoms with Crippen LogP contribution in [0.2, 0.25) is 0 Å². The summed E-state index contributed by atoms with van der Waals surface area (Å²) in [6.07, 6.45) is 1.85. The number of aryl methyl sites for hydroxylation is 2. The van der Waals surface area contributed by atoms with Crippen molar-refractivity contribution >= 4 is 17.7 Å². The molecular weight excluding hydrogens is 358 g/mol. The predicted octanol–water partition coefficient (Wildman–Crippen LogP) is 3.20. The Morgan fingerprint density at radius 2 is 1.89 bits per heavy atom. The maximum atomic E-state index is 12.3. The second kappa shape index (κ2) is 9.32. The van der Waals surface area contributed by atoms with Crippen molar-refractivity contribution in [1.29, 1.82) is 0 Å². The zero-order valence-electron chi connectivity index (χ0n) is 15.5. The number of benzene rings is 2. The molecule has 1 unspecified atom stereocenters. The van der Waals surface area contributed by atoms with Gasteiger partial charge in [-0.15, -0.1) is 5.10 Å². The highest BCUT2D eigenvalue weighted by Crippen LogP contribution is 2.20. The maximum Gasteiger partial charge on any atom is 0.230 e. The van der Waals surface area contributed by atoms with Crippen molar-refractivity contribution in [3.63, 3.8) is 0 Å². The van der Waals surface area contributed by atoms with Gasteiger partial charge in [-0.05, 0) is 54.3 Å². The van der Waals surface area contributed by atoms with Crippen LogP contribution in [-0.4, -0.2) is 37.9 Å². The molecule has 140 valence electrons. The number of carbonyl (C=O) groups is 1. The van der Waals surface area contributed by atoms with Gasteiger partial charge in [0.25, 0.3) is 0 Å². The highest BCUT2D eigenvalue weighted by molar-refractivity contribution is 7.99. The van der Waals surface area contributed by atoms with Crippen LogP contribution in [0.25, 0.3) is 5.69 Å². The lowest BCUT2D eigenvalue weighted by Gasteiger charge is -2.13. The topological polar surface area (TPSA) is 72.7 Å². The minimum absolute atomic E-state index is 0.0140. The van der Waals surface area contributed by atoms with Gasteiger partial charge in [0.2, 0.25) is 11.1 Å². The highest BCUT2D eigenvalue weighted by Gasteiger charge is 2.14. The van der Waals surface area contributed by atoms with E-state index in [0.717, 1.165) is 24.1 Å². The van der Waals surface area contributed by atoms with Crippen LogP contribution in [0, 0.1) is 6.92 Å². The second-order valence-electron chi connectivity index (χ2n) is 6.44. The molecule has 2 aromatic carbocycles. The molecule has 1 aromatic heterocycles. The van der Waals surface area contributed by atoms with E-state index in [-0.39, 0.29) is 17.7 Å². The van der Waals surface area contributed by atoms with E-state index in [1.807, 2.05) is 56.3 Å². The molecular formula is C20H23N5OS. The average Bonchev–Trinajstić information content (AvgIpc) is 3.14. The number of hydrogen-bond acceptors (Lipinski definition) is 5. The lowest BCUT2D eigenvalue weighted by Crippen LogP contribution is -2.34. The van der Waals surface area contributed by atoms with Gasteiger partial charge < -0.3 is 5.32 Å². The third-order valence-electron chi connectivity index (χ3n) is 4.23. The number of rotatable bonds is 8. The number of nitrogens with one attached hydrogen (secondary N) is 1. The van der Waals surface area contributed by atoms with Crippen LogP contribution in [0.4, 0.5) is 0 Å². The van der Waals surface area contributed by atoms with E-state index in [1.54, 1.807) is 4.68 Å². The van der Waals surface area contributed by atoms with Crippen molar-refractivity contribution in [2.24, 2.45) is 0 Å². The Bertz CT molecular complexity index is 881. The monoisotopic (exact) mass is 381 g/mol. The lowest BCUT2D eigenvalue weighted by molar-refractivity contribution is -0.119. The van der Waals surface area contributed by atoms with Gasteiger partial charge in [0.15, 0.2) is 0 Å². The summed E-state index contributed by atoms with van der Waals surface area (Å²) in [6.45, 7) is 4.04. The lowest BCUT2D eigenvalue weighted by atomic mass is 10.1. The van der Waals surface area contributed by atoms with Crippen LogP contribution in [0.15, 0.2) is 59.8 Å². The Morgan fingerprint density at radius 1 is 1.15 bits per heavy atom. The minimum Gasteiger partial charge on any atom is -0.353 e. The van der Waals surface area contributed by atoms with Gasteiger partial charge in [0.1, 0.15) is 0 Å². The number of thioether (sulfide) groups is 1. The number of para-hydroxylation sites is 1. The van der Waals surface area contributed by atoms with Gasteiger partial charge in [0, 0.05) is 6.04 Å². The Balaban J connectivity index is 1.50. The third-order valence-corrected chi connectivity index (χ3v) is 5.15.